The average Bonchev–Trinajstić information content (AvgIpc) is 3.28. The molecule has 0 saturated carbocycles. The first-order valence-corrected chi connectivity index (χ1v) is 10.5. The largest absolute Gasteiger partial charge is 0.463 e. The number of amides is 3. The first kappa shape index (κ1) is 20.8. The molecule has 1 aliphatic heterocycles. The van der Waals surface area contributed by atoms with Gasteiger partial charge in [-0.1, -0.05) is 24.3 Å². The molecule has 0 fully saturated rings. The van der Waals surface area contributed by atoms with Crippen molar-refractivity contribution in [3.05, 3.63) is 71.7 Å². The average molecular weight is 420 g/mol. The van der Waals surface area contributed by atoms with Crippen molar-refractivity contribution < 1.29 is 23.7 Å². The van der Waals surface area contributed by atoms with Gasteiger partial charge in [-0.05, 0) is 36.1 Å². The lowest BCUT2D eigenvalue weighted by atomic mass is 9.94. The third-order valence-corrected chi connectivity index (χ3v) is 5.73. The zero-order valence-electron chi connectivity index (χ0n) is 17.7. The van der Waals surface area contributed by atoms with Crippen molar-refractivity contribution in [3.8, 4) is 0 Å². The van der Waals surface area contributed by atoms with E-state index < -0.39 is 0 Å². The maximum Gasteiger partial charge on any atom is 0.261 e. The Morgan fingerprint density at radius 1 is 1.03 bits per heavy atom. The van der Waals surface area contributed by atoms with E-state index in [1.807, 2.05) is 50.5 Å². The summed E-state index contributed by atoms with van der Waals surface area (Å²) in [5.74, 6) is 0.0995. The highest BCUT2D eigenvalue weighted by Gasteiger charge is 2.32. The van der Waals surface area contributed by atoms with Gasteiger partial charge in [0.2, 0.25) is 5.91 Å². The molecule has 7 nitrogen and oxygen atoms in total. The topological polar surface area (TPSA) is 84.1 Å². The molecule has 0 radical (unpaired) electrons. The van der Waals surface area contributed by atoms with Crippen molar-refractivity contribution in [2.75, 3.05) is 27.2 Å². The highest BCUT2D eigenvalue weighted by atomic mass is 16.3. The van der Waals surface area contributed by atoms with Crippen LogP contribution in [0.25, 0.3) is 10.8 Å². The molecule has 3 amide bonds. The summed E-state index contributed by atoms with van der Waals surface area (Å²) in [4.78, 5) is 40.6. The van der Waals surface area contributed by atoms with Crippen molar-refractivity contribution >= 4 is 28.5 Å². The summed E-state index contributed by atoms with van der Waals surface area (Å²) >= 11 is 0. The molecule has 0 spiro atoms. The minimum atomic E-state index is -0.302. The lowest BCUT2D eigenvalue weighted by Gasteiger charge is -2.27. The van der Waals surface area contributed by atoms with E-state index in [1.54, 1.807) is 18.4 Å². The van der Waals surface area contributed by atoms with Gasteiger partial charge in [-0.3, -0.25) is 19.3 Å². The molecule has 1 aromatic heterocycles. The number of nitrogens with one attached hydrogen (secondary N) is 2. The van der Waals surface area contributed by atoms with E-state index in [9.17, 15) is 14.4 Å². The van der Waals surface area contributed by atoms with Crippen LogP contribution in [0.1, 0.15) is 45.4 Å². The Labute approximate surface area is 180 Å². The van der Waals surface area contributed by atoms with Gasteiger partial charge >= 0.3 is 0 Å². The van der Waals surface area contributed by atoms with Gasteiger partial charge in [-0.25, -0.2) is 0 Å². The van der Waals surface area contributed by atoms with Crippen LogP contribution in [-0.4, -0.2) is 49.8 Å². The first-order valence-electron chi connectivity index (χ1n) is 10.5. The van der Waals surface area contributed by atoms with Crippen LogP contribution in [0.5, 0.6) is 0 Å². The fourth-order valence-corrected chi connectivity index (χ4v) is 4.06. The van der Waals surface area contributed by atoms with Crippen molar-refractivity contribution in [3.63, 3.8) is 0 Å². The van der Waals surface area contributed by atoms with Gasteiger partial charge in [0.25, 0.3) is 11.8 Å². The second kappa shape index (κ2) is 8.73. The lowest BCUT2D eigenvalue weighted by Crippen LogP contribution is -3.07. The number of nitrogens with zero attached hydrogens (tertiary/aromatic N) is 1. The number of benzene rings is 2. The Hall–Kier alpha value is -3.45. The van der Waals surface area contributed by atoms with E-state index in [2.05, 4.69) is 5.32 Å². The molecule has 0 saturated heterocycles. The molecule has 0 bridgehead atoms. The summed E-state index contributed by atoms with van der Waals surface area (Å²) < 4.78 is 5.47. The zero-order chi connectivity index (χ0) is 22.0. The summed E-state index contributed by atoms with van der Waals surface area (Å²) in [6, 6.07) is 14.7. The summed E-state index contributed by atoms with van der Waals surface area (Å²) in [5, 5.41) is 4.53. The Morgan fingerprint density at radius 2 is 1.71 bits per heavy atom. The van der Waals surface area contributed by atoms with Crippen LogP contribution in [0.2, 0.25) is 0 Å². The molecule has 1 atom stereocenters. The normalized spacial score (nSPS) is 14.4. The van der Waals surface area contributed by atoms with Crippen LogP contribution in [0.3, 0.4) is 0 Å². The van der Waals surface area contributed by atoms with Crippen LogP contribution in [0.4, 0.5) is 0 Å². The molecule has 7 heteroatoms. The van der Waals surface area contributed by atoms with Crippen LogP contribution < -0.4 is 10.2 Å². The Kier molecular flexibility index (Phi) is 5.86. The molecular formula is C24H26N3O4+. The first-order chi connectivity index (χ1) is 15.0. The summed E-state index contributed by atoms with van der Waals surface area (Å²) in [6.45, 7) is 0.655. The van der Waals surface area contributed by atoms with Crippen molar-refractivity contribution in [1.82, 2.24) is 10.2 Å². The number of carbonyl (C=O) groups is 3. The molecule has 3 aromatic rings. The van der Waals surface area contributed by atoms with E-state index in [0.717, 1.165) is 16.0 Å². The standard InChI is InChI=1S/C24H25N3O4/c1-26(2)19(20-11-6-14-31-20)15-25-21(28)12-5-13-27-23(29)17-9-3-7-16-8-4-10-18(22(16)17)24(27)30/h3-4,6-11,14,19H,5,12-13,15H2,1-2H3,(H,25,28)/p+1/t19-/m1/s1. The maximum absolute atomic E-state index is 12.9. The molecule has 4 rings (SSSR count). The highest BCUT2D eigenvalue weighted by Crippen LogP contribution is 2.30. The number of rotatable bonds is 8. The lowest BCUT2D eigenvalue weighted by molar-refractivity contribution is -0.891. The van der Waals surface area contributed by atoms with E-state index >= 15 is 0 Å². The predicted octanol–water partition coefficient (Wildman–Crippen LogP) is 1.81. The Balaban J connectivity index is 1.35. The van der Waals surface area contributed by atoms with Gasteiger partial charge in [0.15, 0.2) is 11.8 Å². The van der Waals surface area contributed by atoms with Crippen LogP contribution in [-0.2, 0) is 4.79 Å². The van der Waals surface area contributed by atoms with Gasteiger partial charge in [-0.15, -0.1) is 0 Å². The van der Waals surface area contributed by atoms with Crippen molar-refractivity contribution in [1.29, 1.82) is 0 Å². The van der Waals surface area contributed by atoms with Gasteiger partial charge in [0, 0.05) is 29.5 Å². The van der Waals surface area contributed by atoms with Crippen LogP contribution in [0, 0.1) is 0 Å². The quantitative estimate of drug-likeness (QED) is 0.545. The van der Waals surface area contributed by atoms with Crippen molar-refractivity contribution in [2.45, 2.75) is 18.9 Å². The Morgan fingerprint density at radius 3 is 2.29 bits per heavy atom. The molecule has 0 aliphatic carbocycles. The minimum Gasteiger partial charge on any atom is -0.463 e. The van der Waals surface area contributed by atoms with Crippen LogP contribution >= 0.6 is 0 Å². The number of likely N-dealkylation sites (N-methyl/N-ethyl adjacent to an activating group) is 1. The molecular weight excluding hydrogens is 394 g/mol. The number of furan rings is 1. The van der Waals surface area contributed by atoms with E-state index in [0.29, 0.717) is 29.5 Å². The number of carbonyl (C=O) groups excluding carboxylic acids is 3. The number of quaternary nitrogens is 1. The van der Waals surface area contributed by atoms with E-state index in [-0.39, 0.29) is 36.7 Å². The molecule has 1 aliphatic rings. The van der Waals surface area contributed by atoms with Gasteiger partial charge < -0.3 is 14.6 Å². The maximum atomic E-state index is 12.9. The second-order valence-electron chi connectivity index (χ2n) is 8.02. The summed E-state index contributed by atoms with van der Waals surface area (Å²) in [7, 11) is 4.01. The fourth-order valence-electron chi connectivity index (χ4n) is 4.06. The molecule has 160 valence electrons. The fraction of sp³-hybridized carbons (Fsp3) is 0.292. The number of imide groups is 1. The van der Waals surface area contributed by atoms with Gasteiger partial charge in [0.1, 0.15) is 0 Å². The predicted molar refractivity (Wildman–Crippen MR) is 116 cm³/mol. The Bertz CT molecular complexity index is 1070. The molecule has 31 heavy (non-hydrogen) atoms. The molecule has 2 heterocycles. The zero-order valence-corrected chi connectivity index (χ0v) is 17.7. The van der Waals surface area contributed by atoms with Gasteiger partial charge in [-0.2, -0.15) is 0 Å². The highest BCUT2D eigenvalue weighted by molar-refractivity contribution is 6.25. The third kappa shape index (κ3) is 4.09. The third-order valence-electron chi connectivity index (χ3n) is 5.73. The van der Waals surface area contributed by atoms with E-state index in [1.165, 1.54) is 4.90 Å². The van der Waals surface area contributed by atoms with E-state index in [4.69, 9.17) is 4.42 Å². The smallest absolute Gasteiger partial charge is 0.261 e. The summed E-state index contributed by atoms with van der Waals surface area (Å²) in [5.41, 5.74) is 1.07. The molecule has 0 unspecified atom stereocenters. The second-order valence-corrected chi connectivity index (χ2v) is 8.02. The van der Waals surface area contributed by atoms with Gasteiger partial charge in [0.05, 0.1) is 26.9 Å². The number of hydrogen-bond acceptors (Lipinski definition) is 4. The minimum absolute atomic E-state index is 0.0150. The number of hydrogen-bond donors (Lipinski definition) is 2. The SMILES string of the molecule is C[NH+](C)[C@H](CNC(=O)CCCN1C(=O)c2cccc3cccc(c23)C1=O)c1ccco1. The molecule has 2 aromatic carbocycles. The summed E-state index contributed by atoms with van der Waals surface area (Å²) in [6.07, 6.45) is 2.26. The van der Waals surface area contributed by atoms with Crippen LogP contribution in [0.15, 0.2) is 59.2 Å². The van der Waals surface area contributed by atoms with Crippen molar-refractivity contribution in [2.24, 2.45) is 0 Å². The monoisotopic (exact) mass is 420 g/mol. The molecule has 2 N–H and O–H groups in total.